The minimum atomic E-state index is -0.238. The number of carbonyl (C=O) groups excluding carboxylic acids is 1. The van der Waals surface area contributed by atoms with Gasteiger partial charge in [0.2, 0.25) is 5.82 Å². The number of benzene rings is 2. The van der Waals surface area contributed by atoms with E-state index in [0.717, 1.165) is 72.4 Å². The van der Waals surface area contributed by atoms with E-state index >= 15 is 0 Å². The summed E-state index contributed by atoms with van der Waals surface area (Å²) >= 11 is 6.55. The molecule has 192 valence electrons. The molecule has 1 atom stereocenters. The number of aryl methyl sites for hydroxylation is 1. The number of rotatable bonds is 10. The second kappa shape index (κ2) is 11.7. The van der Waals surface area contributed by atoms with Gasteiger partial charge in [-0.25, -0.2) is 4.98 Å². The van der Waals surface area contributed by atoms with E-state index in [9.17, 15) is 4.79 Å². The number of imidazole rings is 1. The molecule has 2 aromatic heterocycles. The van der Waals surface area contributed by atoms with Gasteiger partial charge in [-0.2, -0.15) is 5.21 Å². The molecule has 0 amide bonds. The highest BCUT2D eigenvalue weighted by Gasteiger charge is 2.25. The van der Waals surface area contributed by atoms with Gasteiger partial charge in [-0.05, 0) is 47.7 Å². The number of nitrogens with zero attached hydrogens (tertiary/aromatic N) is 5. The van der Waals surface area contributed by atoms with Crippen molar-refractivity contribution in [1.29, 1.82) is 0 Å². The smallest absolute Gasteiger partial charge is 0.323 e. The van der Waals surface area contributed by atoms with E-state index in [0.29, 0.717) is 17.5 Å². The number of H-pyrrole nitrogens is 1. The Hall–Kier alpha value is -3.56. The molecular formula is C27H30ClN7O2. The molecule has 5 rings (SSSR count). The molecule has 0 spiro atoms. The number of halogens is 1. The van der Waals surface area contributed by atoms with Crippen molar-refractivity contribution in [2.24, 2.45) is 0 Å². The van der Waals surface area contributed by atoms with E-state index in [1.54, 1.807) is 0 Å². The van der Waals surface area contributed by atoms with Crippen LogP contribution in [0.2, 0.25) is 5.15 Å². The number of aromatic amines is 1. The lowest BCUT2D eigenvalue weighted by molar-refractivity contribution is -0.147. The Labute approximate surface area is 220 Å². The van der Waals surface area contributed by atoms with Crippen molar-refractivity contribution < 1.29 is 9.53 Å². The molecule has 9 nitrogen and oxygen atoms in total. The van der Waals surface area contributed by atoms with Crippen LogP contribution < -0.4 is 5.32 Å². The Morgan fingerprint density at radius 3 is 2.68 bits per heavy atom. The summed E-state index contributed by atoms with van der Waals surface area (Å²) in [5.41, 5.74) is 4.81. The normalized spacial score (nSPS) is 15.2. The van der Waals surface area contributed by atoms with Gasteiger partial charge in [0.15, 0.2) is 5.15 Å². The molecule has 1 fully saturated rings. The average Bonchev–Trinajstić information content (AvgIpc) is 3.70. The van der Waals surface area contributed by atoms with Crippen molar-refractivity contribution in [2.75, 3.05) is 6.54 Å². The lowest BCUT2D eigenvalue weighted by Crippen LogP contribution is -2.32. The highest BCUT2D eigenvalue weighted by molar-refractivity contribution is 6.30. The number of hydrogen-bond donors (Lipinski definition) is 2. The third-order valence-electron chi connectivity index (χ3n) is 6.67. The maximum Gasteiger partial charge on any atom is 0.323 e. The fraction of sp³-hybridized carbons (Fsp3) is 0.370. The molecule has 1 saturated heterocycles. The molecule has 0 saturated carbocycles. The van der Waals surface area contributed by atoms with Gasteiger partial charge in [0.1, 0.15) is 18.5 Å². The average molecular weight is 520 g/mol. The van der Waals surface area contributed by atoms with Crippen molar-refractivity contribution in [3.63, 3.8) is 0 Å². The Morgan fingerprint density at radius 1 is 1.16 bits per heavy atom. The fourth-order valence-electron chi connectivity index (χ4n) is 4.66. The summed E-state index contributed by atoms with van der Waals surface area (Å²) in [6.45, 7) is 3.68. The van der Waals surface area contributed by atoms with Crippen molar-refractivity contribution in [3.8, 4) is 22.5 Å². The molecule has 0 aliphatic carbocycles. The van der Waals surface area contributed by atoms with Gasteiger partial charge in [0, 0.05) is 18.5 Å². The van der Waals surface area contributed by atoms with Gasteiger partial charge in [-0.15, -0.1) is 10.2 Å². The van der Waals surface area contributed by atoms with Crippen molar-refractivity contribution in [3.05, 3.63) is 70.8 Å². The summed E-state index contributed by atoms with van der Waals surface area (Å²) in [5.74, 6) is 1.23. The van der Waals surface area contributed by atoms with Crippen LogP contribution in [0.25, 0.3) is 22.5 Å². The van der Waals surface area contributed by atoms with E-state index in [4.69, 9.17) is 16.3 Å². The second-order valence-electron chi connectivity index (χ2n) is 9.19. The number of unbranched alkanes of at least 4 members (excludes halogenated alkanes) is 1. The number of aromatic nitrogens is 6. The van der Waals surface area contributed by atoms with E-state index in [-0.39, 0.29) is 18.6 Å². The maximum absolute atomic E-state index is 12.5. The molecule has 0 radical (unpaired) electrons. The highest BCUT2D eigenvalue weighted by atomic mass is 35.5. The molecule has 1 aliphatic rings. The van der Waals surface area contributed by atoms with E-state index < -0.39 is 0 Å². The van der Waals surface area contributed by atoms with E-state index in [2.05, 4.69) is 66.7 Å². The molecule has 1 unspecified atom stereocenters. The summed E-state index contributed by atoms with van der Waals surface area (Å²) in [7, 11) is 0. The minimum Gasteiger partial charge on any atom is -0.458 e. The van der Waals surface area contributed by atoms with Gasteiger partial charge >= 0.3 is 5.97 Å². The Morgan fingerprint density at radius 2 is 1.97 bits per heavy atom. The van der Waals surface area contributed by atoms with E-state index in [1.807, 2.05) is 24.3 Å². The van der Waals surface area contributed by atoms with E-state index in [1.165, 1.54) is 0 Å². The van der Waals surface area contributed by atoms with Crippen molar-refractivity contribution >= 4 is 17.6 Å². The molecule has 2 N–H and O–H groups in total. The van der Waals surface area contributed by atoms with Crippen LogP contribution in [-0.2, 0) is 29.1 Å². The number of esters is 1. The van der Waals surface area contributed by atoms with Crippen LogP contribution in [0.3, 0.4) is 0 Å². The predicted octanol–water partition coefficient (Wildman–Crippen LogP) is 4.57. The summed E-state index contributed by atoms with van der Waals surface area (Å²) < 4.78 is 7.74. The number of nitrogens with one attached hydrogen (secondary N) is 2. The first-order chi connectivity index (χ1) is 18.1. The summed E-state index contributed by atoms with van der Waals surface area (Å²) in [4.78, 5) is 17.1. The Bertz CT molecular complexity index is 1330. The Kier molecular flexibility index (Phi) is 7.91. The summed E-state index contributed by atoms with van der Waals surface area (Å²) in [6.07, 6.45) is 4.65. The lowest BCUT2D eigenvalue weighted by Gasteiger charge is -2.15. The molecule has 3 heterocycles. The van der Waals surface area contributed by atoms with Gasteiger partial charge in [0.05, 0.1) is 5.69 Å². The van der Waals surface area contributed by atoms with Gasteiger partial charge in [-0.3, -0.25) is 4.79 Å². The van der Waals surface area contributed by atoms with Gasteiger partial charge in [-0.1, -0.05) is 73.5 Å². The first-order valence-corrected chi connectivity index (χ1v) is 13.1. The van der Waals surface area contributed by atoms with Crippen LogP contribution in [0.5, 0.6) is 0 Å². The van der Waals surface area contributed by atoms with Crippen LogP contribution in [0.15, 0.2) is 48.5 Å². The second-order valence-corrected chi connectivity index (χ2v) is 9.55. The monoisotopic (exact) mass is 519 g/mol. The standard InChI is InChI=1S/C27H30ClN7O2/c1-2-3-10-24-30-25(28)23(17-37-27(36)22-9-6-15-29-22)35(24)16-18-11-13-19(14-12-18)20-7-4-5-8-21(20)26-31-33-34-32-26/h4-5,7-8,11-14,22,29H,2-3,6,9-10,15-17H2,1H3,(H,31,32,33,34). The van der Waals surface area contributed by atoms with Crippen molar-refractivity contribution in [1.82, 2.24) is 35.5 Å². The first kappa shape index (κ1) is 25.1. The SMILES string of the molecule is CCCCc1nc(Cl)c(COC(=O)C2CCCN2)n1Cc1ccc(-c2ccccc2-c2nn[nH]n2)cc1. The summed E-state index contributed by atoms with van der Waals surface area (Å²) in [5, 5.41) is 18.1. The quantitative estimate of drug-likeness (QED) is 0.295. The summed E-state index contributed by atoms with van der Waals surface area (Å²) in [6, 6.07) is 16.1. The van der Waals surface area contributed by atoms with Crippen LogP contribution in [0.4, 0.5) is 0 Å². The Balaban J connectivity index is 1.37. The molecule has 2 aromatic carbocycles. The lowest BCUT2D eigenvalue weighted by atomic mass is 9.98. The predicted molar refractivity (Wildman–Crippen MR) is 141 cm³/mol. The highest BCUT2D eigenvalue weighted by Crippen LogP contribution is 2.30. The van der Waals surface area contributed by atoms with Gasteiger partial charge in [0.25, 0.3) is 0 Å². The molecule has 4 aromatic rings. The minimum absolute atomic E-state index is 0.102. The van der Waals surface area contributed by atoms with Crippen LogP contribution in [0.1, 0.15) is 49.7 Å². The number of tetrazole rings is 1. The first-order valence-electron chi connectivity index (χ1n) is 12.7. The number of carbonyl (C=O) groups is 1. The van der Waals surface area contributed by atoms with Crippen LogP contribution in [-0.4, -0.2) is 48.7 Å². The van der Waals surface area contributed by atoms with Crippen molar-refractivity contribution in [2.45, 2.75) is 58.2 Å². The molecule has 37 heavy (non-hydrogen) atoms. The zero-order valence-electron chi connectivity index (χ0n) is 20.8. The van der Waals surface area contributed by atoms with Gasteiger partial charge < -0.3 is 14.6 Å². The maximum atomic E-state index is 12.5. The molecule has 10 heteroatoms. The fourth-order valence-corrected chi connectivity index (χ4v) is 4.91. The molecule has 1 aliphatic heterocycles. The van der Waals surface area contributed by atoms with Crippen LogP contribution in [0, 0.1) is 0 Å². The number of hydrogen-bond acceptors (Lipinski definition) is 7. The topological polar surface area (TPSA) is 111 Å². The van der Waals surface area contributed by atoms with Crippen LogP contribution >= 0.6 is 11.6 Å². The zero-order chi connectivity index (χ0) is 25.6. The third kappa shape index (κ3) is 5.73. The largest absolute Gasteiger partial charge is 0.458 e. The number of ether oxygens (including phenoxy) is 1. The third-order valence-corrected chi connectivity index (χ3v) is 6.97. The zero-order valence-corrected chi connectivity index (χ0v) is 21.5. The molecule has 0 bridgehead atoms. The molecular weight excluding hydrogens is 490 g/mol.